The van der Waals surface area contributed by atoms with Gasteiger partial charge in [-0.05, 0) is 0 Å². The molecule has 0 aliphatic rings. The SMILES string of the molecule is Cc1[c-][nH]cc1C.[Ru+2].[c-]1ccc[nH]1. The molecule has 0 aliphatic carbocycles. The van der Waals surface area contributed by atoms with Crippen LogP contribution in [0.5, 0.6) is 0 Å². The van der Waals surface area contributed by atoms with Crippen LogP contribution in [0, 0.1) is 26.2 Å². The van der Waals surface area contributed by atoms with Crippen molar-refractivity contribution in [2.45, 2.75) is 13.8 Å². The van der Waals surface area contributed by atoms with Crippen molar-refractivity contribution >= 4 is 0 Å². The zero-order chi connectivity index (χ0) is 8.81. The van der Waals surface area contributed by atoms with Crippen molar-refractivity contribution in [3.05, 3.63) is 48.0 Å². The minimum Gasteiger partial charge on any atom is -0.484 e. The molecule has 0 saturated carbocycles. The Labute approximate surface area is 91.5 Å². The first-order valence-corrected chi connectivity index (χ1v) is 3.82. The Balaban J connectivity index is 0.000000215. The van der Waals surface area contributed by atoms with Gasteiger partial charge in [0.05, 0.1) is 0 Å². The van der Waals surface area contributed by atoms with E-state index < -0.39 is 0 Å². The topological polar surface area (TPSA) is 31.6 Å². The van der Waals surface area contributed by atoms with E-state index in [0.29, 0.717) is 0 Å². The quantitative estimate of drug-likeness (QED) is 0.538. The van der Waals surface area contributed by atoms with E-state index >= 15 is 0 Å². The maximum Gasteiger partial charge on any atom is 2.00 e. The third kappa shape index (κ3) is 4.69. The summed E-state index contributed by atoms with van der Waals surface area (Å²) >= 11 is 0. The molecule has 2 N–H and O–H groups in total. The number of hydrogen-bond donors (Lipinski definition) is 2. The molecular formula is C10H12N2Ru. The smallest absolute Gasteiger partial charge is 0.484 e. The monoisotopic (exact) mass is 262 g/mol. The van der Waals surface area contributed by atoms with Crippen LogP contribution in [0.15, 0.2) is 24.5 Å². The summed E-state index contributed by atoms with van der Waals surface area (Å²) in [5.41, 5.74) is 2.49. The molecule has 0 fully saturated rings. The first kappa shape index (κ1) is 12.2. The summed E-state index contributed by atoms with van der Waals surface area (Å²) in [6, 6.07) is 3.71. The molecule has 2 aromatic rings. The molecule has 0 aliphatic heterocycles. The molecule has 0 bridgehead atoms. The Bertz CT molecular complexity index is 265. The summed E-state index contributed by atoms with van der Waals surface area (Å²) in [4.78, 5) is 5.61. The van der Waals surface area contributed by atoms with Gasteiger partial charge in [-0.1, -0.05) is 13.8 Å². The number of aromatic amines is 2. The van der Waals surface area contributed by atoms with E-state index in [2.05, 4.69) is 29.3 Å². The predicted octanol–water partition coefficient (Wildman–Crippen LogP) is 2.24. The van der Waals surface area contributed by atoms with E-state index in [0.717, 1.165) is 0 Å². The number of nitrogens with one attached hydrogen (secondary N) is 2. The van der Waals surface area contributed by atoms with Crippen LogP contribution in [-0.4, -0.2) is 9.97 Å². The van der Waals surface area contributed by atoms with Crippen molar-refractivity contribution in [3.63, 3.8) is 0 Å². The maximum absolute atomic E-state index is 2.94. The molecule has 3 heteroatoms. The molecule has 70 valence electrons. The van der Waals surface area contributed by atoms with Gasteiger partial charge in [-0.15, -0.1) is 18.6 Å². The van der Waals surface area contributed by atoms with Gasteiger partial charge in [0.1, 0.15) is 0 Å². The van der Waals surface area contributed by atoms with Crippen LogP contribution in [0.2, 0.25) is 0 Å². The first-order chi connectivity index (χ1) is 5.80. The second kappa shape index (κ2) is 6.67. The minimum absolute atomic E-state index is 0. The summed E-state index contributed by atoms with van der Waals surface area (Å²) in [5, 5.41) is 0. The molecule has 2 rings (SSSR count). The van der Waals surface area contributed by atoms with Crippen LogP contribution >= 0.6 is 0 Å². The summed E-state index contributed by atoms with van der Waals surface area (Å²) in [7, 11) is 0. The molecule has 0 radical (unpaired) electrons. The van der Waals surface area contributed by atoms with Gasteiger partial charge in [-0.25, -0.2) is 0 Å². The Morgan fingerprint density at radius 2 is 2.00 bits per heavy atom. The van der Waals surface area contributed by atoms with Gasteiger partial charge < -0.3 is 9.97 Å². The second-order valence-electron chi connectivity index (χ2n) is 2.54. The van der Waals surface area contributed by atoms with E-state index in [4.69, 9.17) is 0 Å². The summed E-state index contributed by atoms with van der Waals surface area (Å²) in [5.74, 6) is 0. The van der Waals surface area contributed by atoms with Crippen LogP contribution in [0.25, 0.3) is 0 Å². The molecule has 0 aromatic carbocycles. The molecule has 2 nitrogen and oxygen atoms in total. The largest absolute Gasteiger partial charge is 2.00 e. The molecule has 0 atom stereocenters. The van der Waals surface area contributed by atoms with Crippen LogP contribution in [0.4, 0.5) is 0 Å². The normalized spacial score (nSPS) is 8.15. The van der Waals surface area contributed by atoms with Gasteiger partial charge in [0.2, 0.25) is 0 Å². The average molecular weight is 261 g/mol. The van der Waals surface area contributed by atoms with E-state index in [1.54, 1.807) is 0 Å². The van der Waals surface area contributed by atoms with Crippen molar-refractivity contribution in [3.8, 4) is 0 Å². The van der Waals surface area contributed by atoms with Crippen molar-refractivity contribution in [1.29, 1.82) is 0 Å². The third-order valence-electron chi connectivity index (χ3n) is 1.58. The van der Waals surface area contributed by atoms with E-state index in [-0.39, 0.29) is 19.5 Å². The van der Waals surface area contributed by atoms with Crippen LogP contribution in [0.1, 0.15) is 11.1 Å². The fourth-order valence-electron chi connectivity index (χ4n) is 0.700. The Morgan fingerprint density at radius 3 is 2.15 bits per heavy atom. The van der Waals surface area contributed by atoms with E-state index in [1.165, 1.54) is 11.1 Å². The average Bonchev–Trinajstić information content (AvgIpc) is 2.67. The van der Waals surface area contributed by atoms with Gasteiger partial charge in [-0.3, -0.25) is 0 Å². The molecule has 2 aromatic heterocycles. The molecule has 0 saturated heterocycles. The molecule has 0 unspecified atom stereocenters. The van der Waals surface area contributed by atoms with Gasteiger partial charge in [-0.2, -0.15) is 29.5 Å². The van der Waals surface area contributed by atoms with Gasteiger partial charge in [0.25, 0.3) is 0 Å². The molecular weight excluding hydrogens is 249 g/mol. The fourth-order valence-corrected chi connectivity index (χ4v) is 0.700. The number of hydrogen-bond acceptors (Lipinski definition) is 0. The number of aryl methyl sites for hydroxylation is 2. The maximum atomic E-state index is 2.94. The predicted molar refractivity (Wildman–Crippen MR) is 48.7 cm³/mol. The molecule has 0 spiro atoms. The zero-order valence-electron chi connectivity index (χ0n) is 7.66. The first-order valence-electron chi connectivity index (χ1n) is 3.82. The van der Waals surface area contributed by atoms with Gasteiger partial charge in [0, 0.05) is 0 Å². The minimum atomic E-state index is 0. The zero-order valence-corrected chi connectivity index (χ0v) is 9.40. The van der Waals surface area contributed by atoms with Crippen molar-refractivity contribution < 1.29 is 19.5 Å². The van der Waals surface area contributed by atoms with E-state index in [1.807, 2.05) is 31.5 Å². The molecule has 13 heavy (non-hydrogen) atoms. The number of H-pyrrole nitrogens is 2. The van der Waals surface area contributed by atoms with Crippen LogP contribution in [0.3, 0.4) is 0 Å². The Morgan fingerprint density at radius 1 is 1.23 bits per heavy atom. The second-order valence-corrected chi connectivity index (χ2v) is 2.54. The van der Waals surface area contributed by atoms with Crippen molar-refractivity contribution in [1.82, 2.24) is 9.97 Å². The third-order valence-corrected chi connectivity index (χ3v) is 1.58. The van der Waals surface area contributed by atoms with Crippen LogP contribution in [-0.2, 0) is 19.5 Å². The van der Waals surface area contributed by atoms with Crippen molar-refractivity contribution in [2.24, 2.45) is 0 Å². The standard InChI is InChI=1S/C6H8N.C4H4N.Ru/c1-5-3-7-4-6(5)2;1-2-4-5-3-1;/h3,7H,1-2H3;1-3,5H;/q2*-1;+2. The summed E-state index contributed by atoms with van der Waals surface area (Å²) in [6.07, 6.45) is 9.44. The van der Waals surface area contributed by atoms with Gasteiger partial charge >= 0.3 is 19.5 Å². The van der Waals surface area contributed by atoms with Crippen molar-refractivity contribution in [2.75, 3.05) is 0 Å². The molecule has 0 amide bonds. The summed E-state index contributed by atoms with van der Waals surface area (Å²) in [6.45, 7) is 4.09. The van der Waals surface area contributed by atoms with Gasteiger partial charge in [0.15, 0.2) is 0 Å². The van der Waals surface area contributed by atoms with Crippen LogP contribution < -0.4 is 0 Å². The fraction of sp³-hybridized carbons (Fsp3) is 0.200. The number of rotatable bonds is 0. The number of aromatic nitrogens is 2. The summed E-state index contributed by atoms with van der Waals surface area (Å²) < 4.78 is 0. The van der Waals surface area contributed by atoms with E-state index in [9.17, 15) is 0 Å². The Kier molecular flexibility index (Phi) is 6.25. The Hall–Kier alpha value is -0.817. The molecule has 2 heterocycles.